The first-order valence-electron chi connectivity index (χ1n) is 15.1. The van der Waals surface area contributed by atoms with Crippen LogP contribution in [0.15, 0.2) is 70.3 Å². The summed E-state index contributed by atoms with van der Waals surface area (Å²) in [6.45, 7) is 8.44. The molecule has 2 N–H and O–H groups in total. The lowest BCUT2D eigenvalue weighted by atomic mass is 9.91. The number of nitrogens with zero attached hydrogens (tertiary/aromatic N) is 5. The molecule has 2 amide bonds. The topological polar surface area (TPSA) is 128 Å². The number of piperazine rings is 1. The number of carbonyl (C=O) groups is 3. The molecule has 3 aliphatic heterocycles. The van der Waals surface area contributed by atoms with Gasteiger partial charge in [0.15, 0.2) is 10.8 Å². The third-order valence-electron chi connectivity index (χ3n) is 8.71. The summed E-state index contributed by atoms with van der Waals surface area (Å²) >= 11 is 1.41. The van der Waals surface area contributed by atoms with Crippen molar-refractivity contribution in [1.82, 2.24) is 25.0 Å². The number of benzene rings is 2. The second kappa shape index (κ2) is 12.6. The van der Waals surface area contributed by atoms with Crippen LogP contribution < -0.4 is 5.32 Å². The minimum Gasteiger partial charge on any atom is -0.478 e. The fourth-order valence-corrected chi connectivity index (χ4v) is 7.08. The van der Waals surface area contributed by atoms with Gasteiger partial charge in [-0.3, -0.25) is 9.89 Å². The van der Waals surface area contributed by atoms with Crippen LogP contribution in [0.2, 0.25) is 0 Å². The number of rotatable bonds is 9. The Balaban J connectivity index is 1.28. The Hall–Kier alpha value is -4.62. The van der Waals surface area contributed by atoms with Gasteiger partial charge in [-0.15, -0.1) is 11.3 Å². The molecule has 1 aromatic heterocycles. The van der Waals surface area contributed by atoms with Gasteiger partial charge in [-0.05, 0) is 55.7 Å². The first-order chi connectivity index (χ1) is 22.1. The maximum absolute atomic E-state index is 14.8. The van der Waals surface area contributed by atoms with E-state index < -0.39 is 23.5 Å². The summed E-state index contributed by atoms with van der Waals surface area (Å²) in [4.78, 5) is 53.5. The van der Waals surface area contributed by atoms with Crippen molar-refractivity contribution in [2.24, 2.45) is 4.99 Å². The standard InChI is InChI=1S/C33H35FN6O5S/c1-4-45-31(43)26-25(36-28(29-35-12-15-46-29)37-27(26)23-6-5-7-24(34)20(23)2)17-38-13-14-40-32(44)39(19-33(40,3)18-38)16-21-8-10-22(11-9-21)30(41)42/h5-12,15,27H,4,13-14,16-19H2,1-3H3,(H,36,37)(H,41,42). The lowest BCUT2D eigenvalue weighted by Gasteiger charge is -2.44. The number of halogens is 1. The maximum atomic E-state index is 14.8. The maximum Gasteiger partial charge on any atom is 0.338 e. The predicted molar refractivity (Wildman–Crippen MR) is 170 cm³/mol. The van der Waals surface area contributed by atoms with Gasteiger partial charge in [0.1, 0.15) is 11.9 Å². The van der Waals surface area contributed by atoms with Crippen molar-refractivity contribution in [2.75, 3.05) is 39.3 Å². The van der Waals surface area contributed by atoms with E-state index in [1.54, 1.807) is 61.3 Å². The van der Waals surface area contributed by atoms with E-state index in [2.05, 4.69) is 22.1 Å². The summed E-state index contributed by atoms with van der Waals surface area (Å²) in [5, 5.41) is 15.1. The van der Waals surface area contributed by atoms with Gasteiger partial charge in [-0.2, -0.15) is 0 Å². The number of aromatic nitrogens is 1. The lowest BCUT2D eigenvalue weighted by Crippen LogP contribution is -2.60. The number of amides is 2. The highest BCUT2D eigenvalue weighted by atomic mass is 32.1. The van der Waals surface area contributed by atoms with Gasteiger partial charge >= 0.3 is 18.0 Å². The Kier molecular flexibility index (Phi) is 8.62. The molecule has 0 bridgehead atoms. The number of thiazole rings is 1. The number of carboxylic acid groups (broad SMARTS) is 1. The Bertz CT molecular complexity index is 1730. The van der Waals surface area contributed by atoms with Crippen LogP contribution >= 0.6 is 11.3 Å². The Morgan fingerprint density at radius 3 is 2.63 bits per heavy atom. The fraction of sp³-hybridized carbons (Fsp3) is 0.364. The third kappa shape index (κ3) is 5.99. The van der Waals surface area contributed by atoms with Crippen molar-refractivity contribution in [1.29, 1.82) is 0 Å². The fourth-order valence-electron chi connectivity index (χ4n) is 6.49. The molecule has 2 saturated heterocycles. The van der Waals surface area contributed by atoms with Crippen LogP contribution in [0.5, 0.6) is 0 Å². The second-order valence-corrected chi connectivity index (χ2v) is 12.8. The van der Waals surface area contributed by atoms with Gasteiger partial charge in [0, 0.05) is 56.5 Å². The molecule has 0 spiro atoms. The van der Waals surface area contributed by atoms with Gasteiger partial charge in [-0.25, -0.2) is 23.8 Å². The number of carbonyl (C=O) groups excluding carboxylic acids is 2. The van der Waals surface area contributed by atoms with Crippen LogP contribution in [-0.4, -0.2) is 93.5 Å². The summed E-state index contributed by atoms with van der Waals surface area (Å²) in [6.07, 6.45) is 1.68. The number of fused-ring (bicyclic) bond motifs is 1. The van der Waals surface area contributed by atoms with Crippen molar-refractivity contribution < 1.29 is 28.6 Å². The summed E-state index contributed by atoms with van der Waals surface area (Å²) in [5.41, 5.74) is 2.44. The van der Waals surface area contributed by atoms with Crippen molar-refractivity contribution >= 4 is 35.1 Å². The van der Waals surface area contributed by atoms with Crippen molar-refractivity contribution in [3.8, 4) is 0 Å². The molecular formula is C33H35FN6O5S. The molecule has 46 heavy (non-hydrogen) atoms. The van der Waals surface area contributed by atoms with E-state index in [0.29, 0.717) is 72.5 Å². The molecule has 6 rings (SSSR count). The van der Waals surface area contributed by atoms with Crippen LogP contribution in [-0.2, 0) is 16.1 Å². The van der Waals surface area contributed by atoms with Crippen molar-refractivity contribution in [2.45, 2.75) is 38.9 Å². The number of ether oxygens (including phenoxy) is 1. The summed E-state index contributed by atoms with van der Waals surface area (Å²) in [7, 11) is 0. The zero-order valence-corrected chi connectivity index (χ0v) is 26.6. The van der Waals surface area contributed by atoms with Gasteiger partial charge in [-0.1, -0.05) is 24.3 Å². The monoisotopic (exact) mass is 646 g/mol. The normalized spacial score (nSPS) is 21.6. The van der Waals surface area contributed by atoms with E-state index in [0.717, 1.165) is 5.56 Å². The van der Waals surface area contributed by atoms with E-state index in [4.69, 9.17) is 9.73 Å². The largest absolute Gasteiger partial charge is 0.478 e. The molecule has 2 fully saturated rings. The highest BCUT2D eigenvalue weighted by Crippen LogP contribution is 2.37. The highest BCUT2D eigenvalue weighted by Gasteiger charge is 2.49. The molecule has 0 aliphatic carbocycles. The number of aromatic carboxylic acids is 1. The van der Waals surface area contributed by atoms with E-state index in [1.165, 1.54) is 17.4 Å². The molecule has 0 radical (unpaired) electrons. The van der Waals surface area contributed by atoms with Crippen LogP contribution in [0.25, 0.3) is 0 Å². The second-order valence-electron chi connectivity index (χ2n) is 11.9. The minimum atomic E-state index is -0.996. The van der Waals surface area contributed by atoms with Crippen LogP contribution in [0.3, 0.4) is 0 Å². The van der Waals surface area contributed by atoms with E-state index in [-0.39, 0.29) is 24.0 Å². The molecule has 2 unspecified atom stereocenters. The Morgan fingerprint density at radius 2 is 1.93 bits per heavy atom. The number of amidine groups is 1. The zero-order valence-electron chi connectivity index (χ0n) is 25.8. The molecule has 2 aromatic carbocycles. The quantitative estimate of drug-likeness (QED) is 0.331. The molecule has 0 saturated carbocycles. The zero-order chi connectivity index (χ0) is 32.6. The van der Waals surface area contributed by atoms with Crippen LogP contribution in [0, 0.1) is 12.7 Å². The van der Waals surface area contributed by atoms with Crippen molar-refractivity contribution in [3.05, 3.63) is 98.4 Å². The Labute approximate surface area is 270 Å². The van der Waals surface area contributed by atoms with Crippen molar-refractivity contribution in [3.63, 3.8) is 0 Å². The van der Waals surface area contributed by atoms with Gasteiger partial charge in [0.25, 0.3) is 0 Å². The van der Waals surface area contributed by atoms with Gasteiger partial charge in [0.05, 0.1) is 23.3 Å². The Morgan fingerprint density at radius 1 is 1.15 bits per heavy atom. The molecule has 2 atom stereocenters. The summed E-state index contributed by atoms with van der Waals surface area (Å²) in [6, 6.07) is 10.5. The van der Waals surface area contributed by atoms with E-state index in [1.807, 2.05) is 10.3 Å². The first kappa shape index (κ1) is 31.4. The lowest BCUT2D eigenvalue weighted by molar-refractivity contribution is -0.139. The number of hydrogen-bond acceptors (Lipinski definition) is 9. The third-order valence-corrected chi connectivity index (χ3v) is 9.48. The van der Waals surface area contributed by atoms with Gasteiger partial charge < -0.3 is 25.0 Å². The number of hydrogen-bond donors (Lipinski definition) is 2. The summed E-state index contributed by atoms with van der Waals surface area (Å²) in [5.74, 6) is -1.41. The molecule has 3 aromatic rings. The average molecular weight is 647 g/mol. The van der Waals surface area contributed by atoms with Crippen LogP contribution in [0.4, 0.5) is 9.18 Å². The predicted octanol–water partition coefficient (Wildman–Crippen LogP) is 4.21. The smallest absolute Gasteiger partial charge is 0.338 e. The molecule has 3 aliphatic rings. The number of carboxylic acids is 1. The molecular weight excluding hydrogens is 611 g/mol. The van der Waals surface area contributed by atoms with Crippen LogP contribution in [0.1, 0.15) is 51.9 Å². The number of aliphatic imine (C=N–C) groups is 1. The summed E-state index contributed by atoms with van der Waals surface area (Å²) < 4.78 is 20.3. The molecule has 240 valence electrons. The van der Waals surface area contributed by atoms with E-state index >= 15 is 0 Å². The first-order valence-corrected chi connectivity index (χ1v) is 16.0. The molecule has 4 heterocycles. The minimum absolute atomic E-state index is 0.0634. The number of esters is 1. The highest BCUT2D eigenvalue weighted by molar-refractivity contribution is 7.11. The average Bonchev–Trinajstić information content (AvgIpc) is 3.65. The SMILES string of the molecule is CCOC(=O)C1=C(CN2CCN3C(=O)N(Cc4ccc(C(=O)O)cc4)CC3(C)C2)NC(c2nccs2)=NC1c1cccc(F)c1C. The van der Waals surface area contributed by atoms with Gasteiger partial charge in [0.2, 0.25) is 0 Å². The molecule has 11 nitrogen and oxygen atoms in total. The molecule has 13 heteroatoms. The van der Waals surface area contributed by atoms with E-state index in [9.17, 15) is 23.9 Å². The number of nitrogens with one attached hydrogen (secondary N) is 1. The number of urea groups is 1.